The summed E-state index contributed by atoms with van der Waals surface area (Å²) in [5, 5.41) is 8.55. The Kier molecular flexibility index (Phi) is 5.54. The van der Waals surface area contributed by atoms with Gasteiger partial charge in [0.15, 0.2) is 0 Å². The van der Waals surface area contributed by atoms with E-state index in [4.69, 9.17) is 9.47 Å². The number of methoxy groups -OCH3 is 1. The van der Waals surface area contributed by atoms with E-state index in [9.17, 15) is 4.79 Å². The van der Waals surface area contributed by atoms with Crippen LogP contribution in [0.25, 0.3) is 21.5 Å². The molecule has 0 saturated heterocycles. The predicted octanol–water partition coefficient (Wildman–Crippen LogP) is 6.36. The first-order chi connectivity index (χ1) is 16.1. The van der Waals surface area contributed by atoms with Crippen molar-refractivity contribution < 1.29 is 14.3 Å². The number of rotatable bonds is 6. The Hall–Kier alpha value is -4.10. The van der Waals surface area contributed by atoms with E-state index in [0.29, 0.717) is 16.3 Å². The number of hydrogen-bond donors (Lipinski definition) is 1. The molecule has 3 aromatic carbocycles. The molecule has 1 amide bonds. The molecule has 33 heavy (non-hydrogen) atoms. The third-order valence-electron chi connectivity index (χ3n) is 5.17. The maximum absolute atomic E-state index is 12.9. The Morgan fingerprint density at radius 3 is 2.39 bits per heavy atom. The largest absolute Gasteiger partial charge is 0.497 e. The highest BCUT2D eigenvalue weighted by Gasteiger charge is 2.18. The van der Waals surface area contributed by atoms with E-state index in [1.807, 2.05) is 92.0 Å². The van der Waals surface area contributed by atoms with Gasteiger partial charge in [0, 0.05) is 23.7 Å². The average Bonchev–Trinajstić information content (AvgIpc) is 3.42. The number of anilines is 1. The van der Waals surface area contributed by atoms with Crippen molar-refractivity contribution in [1.82, 2.24) is 9.78 Å². The zero-order chi connectivity index (χ0) is 22.8. The quantitative estimate of drug-likeness (QED) is 0.324. The van der Waals surface area contributed by atoms with Crippen molar-refractivity contribution in [2.45, 2.75) is 0 Å². The van der Waals surface area contributed by atoms with Gasteiger partial charge in [-0.05, 0) is 54.6 Å². The molecule has 1 N–H and O–H groups in total. The van der Waals surface area contributed by atoms with Crippen LogP contribution >= 0.6 is 11.3 Å². The van der Waals surface area contributed by atoms with Gasteiger partial charge in [0.2, 0.25) is 0 Å². The molecular formula is C26H21N3O3S. The fourth-order valence-electron chi connectivity index (χ4n) is 3.56. The number of nitrogens with zero attached hydrogens (tertiary/aromatic N) is 2. The van der Waals surface area contributed by atoms with Crippen LogP contribution in [0.2, 0.25) is 0 Å². The van der Waals surface area contributed by atoms with E-state index in [2.05, 4.69) is 10.4 Å². The molecular weight excluding hydrogens is 434 g/mol. The number of carbonyl (C=O) groups is 1. The fourth-order valence-corrected chi connectivity index (χ4v) is 4.53. The number of aromatic nitrogens is 2. The summed E-state index contributed by atoms with van der Waals surface area (Å²) in [6.45, 7) is 0. The number of carbonyl (C=O) groups excluding carboxylic acids is 1. The van der Waals surface area contributed by atoms with Crippen molar-refractivity contribution in [2.24, 2.45) is 7.05 Å². The molecule has 5 aromatic rings. The summed E-state index contributed by atoms with van der Waals surface area (Å²) in [5.74, 6) is 2.07. The molecule has 0 unspecified atom stereocenters. The topological polar surface area (TPSA) is 65.4 Å². The van der Waals surface area contributed by atoms with E-state index in [1.165, 1.54) is 11.3 Å². The van der Waals surface area contributed by atoms with Crippen LogP contribution in [0.15, 0.2) is 84.9 Å². The van der Waals surface area contributed by atoms with Gasteiger partial charge in [-0.3, -0.25) is 9.48 Å². The summed E-state index contributed by atoms with van der Waals surface area (Å²) in [5.41, 5.74) is 2.46. The van der Waals surface area contributed by atoms with Crippen molar-refractivity contribution in [1.29, 1.82) is 0 Å². The molecule has 0 fully saturated rings. The number of thiophene rings is 1. The first-order valence-corrected chi connectivity index (χ1v) is 11.2. The molecule has 0 bridgehead atoms. The highest BCUT2D eigenvalue weighted by atomic mass is 32.1. The van der Waals surface area contributed by atoms with Crippen molar-refractivity contribution in [3.63, 3.8) is 0 Å². The fraction of sp³-hybridized carbons (Fsp3) is 0.0769. The molecule has 0 radical (unpaired) electrons. The van der Waals surface area contributed by atoms with Gasteiger partial charge in [0.25, 0.3) is 5.91 Å². The number of fused-ring (bicyclic) bond motifs is 1. The summed E-state index contributed by atoms with van der Waals surface area (Å²) < 4.78 is 13.0. The first-order valence-electron chi connectivity index (χ1n) is 10.4. The van der Waals surface area contributed by atoms with E-state index in [0.717, 1.165) is 33.0 Å². The van der Waals surface area contributed by atoms with E-state index < -0.39 is 0 Å². The normalized spacial score (nSPS) is 10.8. The number of amides is 1. The minimum absolute atomic E-state index is 0.162. The average molecular weight is 456 g/mol. The maximum Gasteiger partial charge on any atom is 0.265 e. The predicted molar refractivity (Wildman–Crippen MR) is 131 cm³/mol. The number of benzene rings is 3. The second-order valence-electron chi connectivity index (χ2n) is 7.43. The van der Waals surface area contributed by atoms with Crippen LogP contribution in [0.3, 0.4) is 0 Å². The zero-order valence-electron chi connectivity index (χ0n) is 18.1. The van der Waals surface area contributed by atoms with Gasteiger partial charge in [-0.2, -0.15) is 5.10 Å². The number of hydrogen-bond acceptors (Lipinski definition) is 5. The molecule has 2 heterocycles. The third kappa shape index (κ3) is 4.31. The highest BCUT2D eigenvalue weighted by molar-refractivity contribution is 7.20. The van der Waals surface area contributed by atoms with Crippen LogP contribution in [0, 0.1) is 0 Å². The smallest absolute Gasteiger partial charge is 0.265 e. The van der Waals surface area contributed by atoms with Crippen LogP contribution in [-0.4, -0.2) is 22.8 Å². The number of ether oxygens (including phenoxy) is 2. The minimum atomic E-state index is -0.162. The highest BCUT2D eigenvalue weighted by Crippen LogP contribution is 2.35. The molecule has 164 valence electrons. The molecule has 0 atom stereocenters. The second kappa shape index (κ2) is 8.80. The minimum Gasteiger partial charge on any atom is -0.497 e. The first kappa shape index (κ1) is 20.8. The van der Waals surface area contributed by atoms with E-state index in [-0.39, 0.29) is 5.91 Å². The van der Waals surface area contributed by atoms with Gasteiger partial charge in [-0.1, -0.05) is 30.3 Å². The molecule has 6 nitrogen and oxygen atoms in total. The lowest BCUT2D eigenvalue weighted by atomic mass is 10.1. The van der Waals surface area contributed by atoms with Crippen molar-refractivity contribution in [3.05, 3.63) is 89.8 Å². The lowest BCUT2D eigenvalue weighted by Crippen LogP contribution is -2.09. The van der Waals surface area contributed by atoms with Gasteiger partial charge in [0.1, 0.15) is 27.8 Å². The molecule has 0 spiro atoms. The molecule has 5 rings (SSSR count). The summed E-state index contributed by atoms with van der Waals surface area (Å²) in [7, 11) is 3.52. The molecule has 0 aliphatic heterocycles. The summed E-state index contributed by atoms with van der Waals surface area (Å²) >= 11 is 1.41. The SMILES string of the molecule is COc1cccc(-c2nn(C)c3sc(C(=O)Nc4ccc(Oc5ccccc5)cc4)cc23)c1. The van der Waals surface area contributed by atoms with E-state index >= 15 is 0 Å². The molecule has 0 aliphatic carbocycles. The van der Waals surface area contributed by atoms with Crippen LogP contribution in [-0.2, 0) is 7.05 Å². The van der Waals surface area contributed by atoms with Crippen molar-refractivity contribution in [2.75, 3.05) is 12.4 Å². The molecule has 0 aliphatic rings. The number of aryl methyl sites for hydroxylation is 1. The lowest BCUT2D eigenvalue weighted by Gasteiger charge is -2.07. The Morgan fingerprint density at radius 1 is 0.909 bits per heavy atom. The third-order valence-corrected chi connectivity index (χ3v) is 6.37. The van der Waals surface area contributed by atoms with Gasteiger partial charge in [0.05, 0.1) is 12.0 Å². The second-order valence-corrected chi connectivity index (χ2v) is 8.46. The van der Waals surface area contributed by atoms with Crippen LogP contribution in [0.1, 0.15) is 9.67 Å². The van der Waals surface area contributed by atoms with Crippen LogP contribution in [0.5, 0.6) is 17.2 Å². The molecule has 2 aromatic heterocycles. The summed E-state index contributed by atoms with van der Waals surface area (Å²) in [4.78, 5) is 14.5. The maximum atomic E-state index is 12.9. The standard InChI is InChI=1S/C26H21N3O3S/c1-29-26-22(24(28-29)17-7-6-10-21(15-17)31-2)16-23(33-26)25(30)27-18-11-13-20(14-12-18)32-19-8-4-3-5-9-19/h3-16H,1-2H3,(H,27,30). The summed E-state index contributed by atoms with van der Waals surface area (Å²) in [6.07, 6.45) is 0. The summed E-state index contributed by atoms with van der Waals surface area (Å²) in [6, 6.07) is 26.5. The van der Waals surface area contributed by atoms with Gasteiger partial charge < -0.3 is 14.8 Å². The molecule has 0 saturated carbocycles. The number of para-hydroxylation sites is 1. The van der Waals surface area contributed by atoms with Crippen molar-refractivity contribution in [3.8, 4) is 28.5 Å². The Labute approximate surface area is 195 Å². The van der Waals surface area contributed by atoms with Gasteiger partial charge in [-0.25, -0.2) is 0 Å². The van der Waals surface area contributed by atoms with E-state index in [1.54, 1.807) is 11.8 Å². The number of nitrogens with one attached hydrogen (secondary N) is 1. The zero-order valence-corrected chi connectivity index (χ0v) is 18.9. The van der Waals surface area contributed by atoms with Crippen molar-refractivity contribution >= 4 is 33.1 Å². The Balaban J connectivity index is 1.35. The Morgan fingerprint density at radius 2 is 1.64 bits per heavy atom. The monoisotopic (exact) mass is 455 g/mol. The lowest BCUT2D eigenvalue weighted by molar-refractivity contribution is 0.103. The van der Waals surface area contributed by atoms with Gasteiger partial charge >= 0.3 is 0 Å². The van der Waals surface area contributed by atoms with Gasteiger partial charge in [-0.15, -0.1) is 11.3 Å². The molecule has 7 heteroatoms. The van der Waals surface area contributed by atoms with Crippen LogP contribution in [0.4, 0.5) is 5.69 Å². The van der Waals surface area contributed by atoms with Crippen LogP contribution < -0.4 is 14.8 Å². The Bertz CT molecular complexity index is 1420.